The molecule has 1 N–H and O–H groups in total. The molecule has 1 atom stereocenters. The Morgan fingerprint density at radius 2 is 2.21 bits per heavy atom. The van der Waals surface area contributed by atoms with Gasteiger partial charge in [-0.2, -0.15) is 4.31 Å². The van der Waals surface area contributed by atoms with Crippen LogP contribution in [0.4, 0.5) is 0 Å². The average Bonchev–Trinajstić information content (AvgIpc) is 2.88. The number of aromatic amines is 1. The molecule has 1 aromatic heterocycles. The lowest BCUT2D eigenvalue weighted by atomic mass is 10.1. The van der Waals surface area contributed by atoms with Crippen LogP contribution in [0, 0.1) is 0 Å². The van der Waals surface area contributed by atoms with Gasteiger partial charge in [-0.1, -0.05) is 6.42 Å². The monoisotopic (exact) mass is 286 g/mol. The second-order valence-corrected chi connectivity index (χ2v) is 6.59. The average molecular weight is 286 g/mol. The first-order valence-electron chi connectivity index (χ1n) is 6.25. The summed E-state index contributed by atoms with van der Waals surface area (Å²) in [7, 11) is -2.28. The molecule has 6 nitrogen and oxygen atoms in total. The minimum Gasteiger partial charge on any atom is -0.464 e. The van der Waals surface area contributed by atoms with E-state index in [4.69, 9.17) is 0 Å². The molecule has 7 heteroatoms. The third kappa shape index (κ3) is 2.66. The number of hydrogen-bond donors (Lipinski definition) is 1. The van der Waals surface area contributed by atoms with E-state index in [0.717, 1.165) is 19.3 Å². The predicted molar refractivity (Wildman–Crippen MR) is 69.3 cm³/mol. The summed E-state index contributed by atoms with van der Waals surface area (Å²) in [5.74, 6) is -0.576. The van der Waals surface area contributed by atoms with E-state index in [1.807, 2.05) is 6.92 Å². The zero-order chi connectivity index (χ0) is 14.0. The summed E-state index contributed by atoms with van der Waals surface area (Å²) in [6, 6.07) is 1.32. The number of ether oxygens (including phenoxy) is 1. The molecule has 0 spiro atoms. The van der Waals surface area contributed by atoms with Crippen molar-refractivity contribution in [1.29, 1.82) is 0 Å². The third-order valence-corrected chi connectivity index (χ3v) is 5.40. The maximum Gasteiger partial charge on any atom is 0.354 e. The number of methoxy groups -OCH3 is 1. The van der Waals surface area contributed by atoms with Crippen LogP contribution in [0.3, 0.4) is 0 Å². The van der Waals surface area contributed by atoms with E-state index < -0.39 is 16.0 Å². The number of nitrogens with one attached hydrogen (secondary N) is 1. The van der Waals surface area contributed by atoms with Crippen LogP contribution in [0.2, 0.25) is 0 Å². The zero-order valence-corrected chi connectivity index (χ0v) is 11.9. The van der Waals surface area contributed by atoms with Crippen LogP contribution in [0.5, 0.6) is 0 Å². The Balaban J connectivity index is 2.28. The maximum absolute atomic E-state index is 12.5. The molecule has 0 saturated carbocycles. The second kappa shape index (κ2) is 5.34. The van der Waals surface area contributed by atoms with Crippen LogP contribution in [0.25, 0.3) is 0 Å². The van der Waals surface area contributed by atoms with Gasteiger partial charge in [0.05, 0.1) is 7.11 Å². The SMILES string of the molecule is COC(=O)c1cc(S(=O)(=O)N2CCCC[C@H]2C)c[nH]1. The van der Waals surface area contributed by atoms with Crippen LogP contribution in [-0.2, 0) is 14.8 Å². The van der Waals surface area contributed by atoms with Gasteiger partial charge in [-0.25, -0.2) is 13.2 Å². The Hall–Kier alpha value is -1.34. The Morgan fingerprint density at radius 3 is 2.84 bits per heavy atom. The van der Waals surface area contributed by atoms with Crippen molar-refractivity contribution in [2.45, 2.75) is 37.1 Å². The molecule has 106 valence electrons. The van der Waals surface area contributed by atoms with Gasteiger partial charge in [0.2, 0.25) is 10.0 Å². The van der Waals surface area contributed by atoms with Crippen molar-refractivity contribution < 1.29 is 17.9 Å². The first-order chi connectivity index (χ1) is 8.96. The Bertz CT molecular complexity index is 564. The van der Waals surface area contributed by atoms with Crippen molar-refractivity contribution in [2.75, 3.05) is 13.7 Å². The molecule has 0 bridgehead atoms. The largest absolute Gasteiger partial charge is 0.464 e. The summed E-state index contributed by atoms with van der Waals surface area (Å²) in [5.41, 5.74) is 0.144. The number of esters is 1. The molecule has 0 aliphatic carbocycles. The molecule has 2 rings (SSSR count). The molecule has 0 amide bonds. The lowest BCUT2D eigenvalue weighted by Crippen LogP contribution is -2.41. The summed E-state index contributed by atoms with van der Waals surface area (Å²) < 4.78 is 31.0. The molecule has 1 saturated heterocycles. The lowest BCUT2D eigenvalue weighted by molar-refractivity contribution is 0.0595. The van der Waals surface area contributed by atoms with Gasteiger partial charge >= 0.3 is 5.97 Å². The van der Waals surface area contributed by atoms with Crippen molar-refractivity contribution >= 4 is 16.0 Å². The molecule has 2 heterocycles. The summed E-state index contributed by atoms with van der Waals surface area (Å²) >= 11 is 0. The van der Waals surface area contributed by atoms with E-state index >= 15 is 0 Å². The molecule has 0 aromatic carbocycles. The van der Waals surface area contributed by atoms with Crippen LogP contribution < -0.4 is 0 Å². The summed E-state index contributed by atoms with van der Waals surface area (Å²) in [5, 5.41) is 0. The molecular weight excluding hydrogens is 268 g/mol. The standard InChI is InChI=1S/C12H18N2O4S/c1-9-5-3-4-6-14(9)19(16,17)10-7-11(13-8-10)12(15)18-2/h7-9,13H,3-6H2,1-2H3/t9-/m1/s1. The molecule has 1 fully saturated rings. The van der Waals surface area contributed by atoms with Crippen molar-refractivity contribution in [2.24, 2.45) is 0 Å². The van der Waals surface area contributed by atoms with Gasteiger partial charge in [0, 0.05) is 18.8 Å². The number of H-pyrrole nitrogens is 1. The van der Waals surface area contributed by atoms with Crippen molar-refractivity contribution in [3.8, 4) is 0 Å². The maximum atomic E-state index is 12.5. The normalized spacial score (nSPS) is 21.3. The number of aromatic nitrogens is 1. The molecule has 1 aliphatic rings. The van der Waals surface area contributed by atoms with Crippen molar-refractivity contribution in [3.05, 3.63) is 18.0 Å². The number of carbonyl (C=O) groups excluding carboxylic acids is 1. The van der Waals surface area contributed by atoms with Gasteiger partial charge in [0.1, 0.15) is 10.6 Å². The summed E-state index contributed by atoms with van der Waals surface area (Å²) in [6.07, 6.45) is 4.13. The first kappa shape index (κ1) is 14.1. The van der Waals surface area contributed by atoms with E-state index in [0.29, 0.717) is 6.54 Å². The fourth-order valence-corrected chi connectivity index (χ4v) is 4.01. The number of piperidine rings is 1. The molecule has 0 unspecified atom stereocenters. The minimum absolute atomic E-state index is 0.00442. The smallest absolute Gasteiger partial charge is 0.354 e. The zero-order valence-electron chi connectivity index (χ0n) is 11.0. The highest BCUT2D eigenvalue weighted by molar-refractivity contribution is 7.89. The fraction of sp³-hybridized carbons (Fsp3) is 0.583. The molecule has 0 radical (unpaired) electrons. The quantitative estimate of drug-likeness (QED) is 0.851. The van der Waals surface area contributed by atoms with Crippen LogP contribution in [-0.4, -0.2) is 43.4 Å². The highest BCUT2D eigenvalue weighted by Gasteiger charge is 2.32. The van der Waals surface area contributed by atoms with Gasteiger partial charge in [0.25, 0.3) is 0 Å². The van der Waals surface area contributed by atoms with Crippen molar-refractivity contribution in [3.63, 3.8) is 0 Å². The van der Waals surface area contributed by atoms with E-state index in [-0.39, 0.29) is 16.6 Å². The Kier molecular flexibility index (Phi) is 3.96. The lowest BCUT2D eigenvalue weighted by Gasteiger charge is -2.31. The minimum atomic E-state index is -3.54. The number of sulfonamides is 1. The Labute approximate surface area is 112 Å². The number of carbonyl (C=O) groups is 1. The van der Waals surface area contributed by atoms with Crippen LogP contribution in [0.1, 0.15) is 36.7 Å². The van der Waals surface area contributed by atoms with E-state index in [1.54, 1.807) is 0 Å². The molecule has 1 aromatic rings. The number of hydrogen-bond acceptors (Lipinski definition) is 4. The van der Waals surface area contributed by atoms with Gasteiger partial charge in [-0.15, -0.1) is 0 Å². The topological polar surface area (TPSA) is 79.5 Å². The highest BCUT2D eigenvalue weighted by atomic mass is 32.2. The number of rotatable bonds is 3. The van der Waals surface area contributed by atoms with Crippen molar-refractivity contribution in [1.82, 2.24) is 9.29 Å². The third-order valence-electron chi connectivity index (χ3n) is 3.41. The molecule has 1 aliphatic heterocycles. The fourth-order valence-electron chi connectivity index (χ4n) is 2.32. The number of nitrogens with zero attached hydrogens (tertiary/aromatic N) is 1. The van der Waals surface area contributed by atoms with E-state index in [1.165, 1.54) is 23.7 Å². The van der Waals surface area contributed by atoms with Crippen LogP contribution in [0.15, 0.2) is 17.2 Å². The van der Waals surface area contributed by atoms with Gasteiger partial charge in [-0.05, 0) is 25.8 Å². The molecular formula is C12H18N2O4S. The summed E-state index contributed by atoms with van der Waals surface area (Å²) in [4.78, 5) is 14.1. The van der Waals surface area contributed by atoms with E-state index in [9.17, 15) is 13.2 Å². The van der Waals surface area contributed by atoms with E-state index in [2.05, 4.69) is 9.72 Å². The van der Waals surface area contributed by atoms with Crippen LogP contribution >= 0.6 is 0 Å². The van der Waals surface area contributed by atoms with Gasteiger partial charge in [-0.3, -0.25) is 0 Å². The highest BCUT2D eigenvalue weighted by Crippen LogP contribution is 2.25. The van der Waals surface area contributed by atoms with Gasteiger partial charge in [0.15, 0.2) is 0 Å². The summed E-state index contributed by atoms with van der Waals surface area (Å²) in [6.45, 7) is 2.44. The second-order valence-electron chi connectivity index (χ2n) is 4.70. The Morgan fingerprint density at radius 1 is 1.47 bits per heavy atom. The predicted octanol–water partition coefficient (Wildman–Crippen LogP) is 1.36. The molecule has 19 heavy (non-hydrogen) atoms. The van der Waals surface area contributed by atoms with Gasteiger partial charge < -0.3 is 9.72 Å². The first-order valence-corrected chi connectivity index (χ1v) is 7.69.